The number of rotatable bonds is 8. The summed E-state index contributed by atoms with van der Waals surface area (Å²) in [6.45, 7) is 5.66. The first-order valence-electron chi connectivity index (χ1n) is 8.42. The molecule has 2 aromatic rings. The molecule has 27 heavy (non-hydrogen) atoms. The molecule has 0 radical (unpaired) electrons. The lowest BCUT2D eigenvalue weighted by Crippen LogP contribution is -2.25. The summed E-state index contributed by atoms with van der Waals surface area (Å²) >= 11 is 6.31. The van der Waals surface area contributed by atoms with Crippen LogP contribution in [-0.4, -0.2) is 29.2 Å². The van der Waals surface area contributed by atoms with Crippen LogP contribution in [0.5, 0.6) is 5.75 Å². The number of carbonyl (C=O) groups excluding carboxylic acids is 3. The van der Waals surface area contributed by atoms with Crippen molar-refractivity contribution in [2.45, 2.75) is 33.7 Å². The number of halogens is 1. The molecule has 0 saturated carbocycles. The van der Waals surface area contributed by atoms with Gasteiger partial charge in [-0.1, -0.05) is 11.6 Å². The molecule has 2 amide bonds. The van der Waals surface area contributed by atoms with Gasteiger partial charge < -0.3 is 14.7 Å². The van der Waals surface area contributed by atoms with Crippen LogP contribution >= 0.6 is 11.6 Å². The molecule has 0 atom stereocenters. The van der Waals surface area contributed by atoms with Crippen molar-refractivity contribution in [3.63, 3.8) is 0 Å². The fraction of sp³-hybridized carbons (Fsp3) is 0.316. The lowest BCUT2D eigenvalue weighted by molar-refractivity contribution is -0.125. The van der Waals surface area contributed by atoms with Gasteiger partial charge in [0, 0.05) is 55.3 Å². The number of aldehydes is 1. The predicted octanol–water partition coefficient (Wildman–Crippen LogP) is 2.42. The van der Waals surface area contributed by atoms with Gasteiger partial charge in [0.1, 0.15) is 0 Å². The zero-order valence-electron chi connectivity index (χ0n) is 15.5. The molecular formula is C19H22ClN3O4. The van der Waals surface area contributed by atoms with Crippen LogP contribution < -0.4 is 15.6 Å². The van der Waals surface area contributed by atoms with Crippen LogP contribution in [0.1, 0.15) is 41.2 Å². The van der Waals surface area contributed by atoms with Crippen LogP contribution in [0, 0.1) is 6.92 Å². The van der Waals surface area contributed by atoms with E-state index in [4.69, 9.17) is 16.4 Å². The Morgan fingerprint density at radius 2 is 1.96 bits per heavy atom. The van der Waals surface area contributed by atoms with Crippen molar-refractivity contribution < 1.29 is 19.2 Å². The summed E-state index contributed by atoms with van der Waals surface area (Å²) in [5.41, 5.74) is 5.36. The highest BCUT2D eigenvalue weighted by Crippen LogP contribution is 2.26. The first kappa shape index (κ1) is 20.5. The van der Waals surface area contributed by atoms with Crippen LogP contribution in [0.4, 0.5) is 0 Å². The maximum Gasteiger partial charge on any atom is 0.249 e. The Labute approximate surface area is 162 Å². The van der Waals surface area contributed by atoms with Crippen molar-refractivity contribution >= 4 is 29.7 Å². The third-order valence-corrected chi connectivity index (χ3v) is 4.40. The van der Waals surface area contributed by atoms with E-state index in [1.165, 1.54) is 13.8 Å². The minimum Gasteiger partial charge on any atom is -0.380 e. The number of hydrogen-bond donors (Lipinski definition) is 2. The topological polar surface area (TPSA) is 89.4 Å². The first-order valence-corrected chi connectivity index (χ1v) is 8.80. The normalized spacial score (nSPS) is 10.4. The molecule has 0 fully saturated rings. The van der Waals surface area contributed by atoms with E-state index in [0.717, 1.165) is 23.2 Å². The second-order valence-corrected chi connectivity index (χ2v) is 6.53. The molecule has 1 aromatic heterocycles. The minimum absolute atomic E-state index is 0.108. The van der Waals surface area contributed by atoms with Crippen LogP contribution in [-0.2, 0) is 22.6 Å². The van der Waals surface area contributed by atoms with Crippen LogP contribution in [0.3, 0.4) is 0 Å². The SMILES string of the molecule is CC(=O)NCCn1c(Cc2cc(ONC(C)=O)ccc2Cl)cc(C=O)c1C. The van der Waals surface area contributed by atoms with Crippen molar-refractivity contribution in [1.29, 1.82) is 0 Å². The zero-order chi connectivity index (χ0) is 20.0. The lowest BCUT2D eigenvalue weighted by Gasteiger charge is -2.14. The van der Waals surface area contributed by atoms with E-state index in [1.54, 1.807) is 18.2 Å². The Kier molecular flexibility index (Phi) is 7.01. The van der Waals surface area contributed by atoms with Gasteiger partial charge in [-0.15, -0.1) is 0 Å². The number of nitrogens with zero attached hydrogens (tertiary/aromatic N) is 1. The number of carbonyl (C=O) groups is 3. The van der Waals surface area contributed by atoms with Gasteiger partial charge in [-0.2, -0.15) is 5.48 Å². The maximum absolute atomic E-state index is 11.3. The molecule has 2 N–H and O–H groups in total. The summed E-state index contributed by atoms with van der Waals surface area (Å²) in [7, 11) is 0. The Balaban J connectivity index is 2.27. The van der Waals surface area contributed by atoms with Crippen molar-refractivity contribution in [3.8, 4) is 5.75 Å². The summed E-state index contributed by atoms with van der Waals surface area (Å²) in [6.07, 6.45) is 1.27. The molecule has 144 valence electrons. The molecule has 0 saturated heterocycles. The van der Waals surface area contributed by atoms with Gasteiger partial charge in [0.25, 0.3) is 0 Å². The van der Waals surface area contributed by atoms with E-state index >= 15 is 0 Å². The van der Waals surface area contributed by atoms with Crippen molar-refractivity contribution in [3.05, 3.63) is 51.8 Å². The van der Waals surface area contributed by atoms with Gasteiger partial charge in [0.15, 0.2) is 12.0 Å². The standard InChI is InChI=1S/C19H22ClN3O4/c1-12-16(11-24)9-17(23(12)7-6-21-13(2)25)8-15-10-18(4-5-19(15)20)27-22-14(3)26/h4-5,9-11H,6-8H2,1-3H3,(H,21,25)(H,22,26). The Morgan fingerprint density at radius 1 is 1.22 bits per heavy atom. The maximum atomic E-state index is 11.3. The van der Waals surface area contributed by atoms with Gasteiger partial charge in [-0.25, -0.2) is 0 Å². The summed E-state index contributed by atoms with van der Waals surface area (Å²) in [5, 5.41) is 3.30. The monoisotopic (exact) mass is 391 g/mol. The summed E-state index contributed by atoms with van der Waals surface area (Å²) in [5.74, 6) is 0.0284. The summed E-state index contributed by atoms with van der Waals surface area (Å²) in [6, 6.07) is 6.89. The Morgan fingerprint density at radius 3 is 2.59 bits per heavy atom. The molecule has 0 spiro atoms. The smallest absolute Gasteiger partial charge is 0.249 e. The average Bonchev–Trinajstić information content (AvgIpc) is 2.90. The molecule has 0 unspecified atom stereocenters. The van der Waals surface area contributed by atoms with Crippen molar-refractivity contribution in [2.75, 3.05) is 6.54 Å². The van der Waals surface area contributed by atoms with E-state index in [9.17, 15) is 14.4 Å². The quantitative estimate of drug-likeness (QED) is 0.534. The molecule has 7 nitrogen and oxygen atoms in total. The number of hydrogen-bond acceptors (Lipinski definition) is 4. The number of aromatic nitrogens is 1. The number of hydroxylamine groups is 1. The highest BCUT2D eigenvalue weighted by atomic mass is 35.5. The summed E-state index contributed by atoms with van der Waals surface area (Å²) in [4.78, 5) is 38.6. The van der Waals surface area contributed by atoms with Crippen molar-refractivity contribution in [2.24, 2.45) is 0 Å². The molecule has 0 aliphatic rings. The number of nitrogens with one attached hydrogen (secondary N) is 2. The van der Waals surface area contributed by atoms with Crippen LogP contribution in [0.2, 0.25) is 5.02 Å². The predicted molar refractivity (Wildman–Crippen MR) is 102 cm³/mol. The van der Waals surface area contributed by atoms with E-state index in [-0.39, 0.29) is 11.8 Å². The van der Waals surface area contributed by atoms with E-state index in [2.05, 4.69) is 10.8 Å². The van der Waals surface area contributed by atoms with Crippen LogP contribution in [0.15, 0.2) is 24.3 Å². The van der Waals surface area contributed by atoms with E-state index in [1.807, 2.05) is 17.6 Å². The fourth-order valence-electron chi connectivity index (χ4n) is 2.73. The highest BCUT2D eigenvalue weighted by Gasteiger charge is 2.14. The first-order chi connectivity index (χ1) is 12.8. The largest absolute Gasteiger partial charge is 0.380 e. The van der Waals surface area contributed by atoms with Crippen molar-refractivity contribution in [1.82, 2.24) is 15.4 Å². The van der Waals surface area contributed by atoms with E-state index in [0.29, 0.717) is 35.8 Å². The van der Waals surface area contributed by atoms with Gasteiger partial charge in [-0.3, -0.25) is 14.4 Å². The van der Waals surface area contributed by atoms with Gasteiger partial charge >= 0.3 is 0 Å². The highest BCUT2D eigenvalue weighted by molar-refractivity contribution is 6.31. The molecule has 1 aromatic carbocycles. The fourth-order valence-corrected chi connectivity index (χ4v) is 2.91. The lowest BCUT2D eigenvalue weighted by atomic mass is 10.1. The molecular weight excluding hydrogens is 370 g/mol. The minimum atomic E-state index is -0.315. The second kappa shape index (κ2) is 9.23. The van der Waals surface area contributed by atoms with Gasteiger partial charge in [0.05, 0.1) is 0 Å². The molecule has 8 heteroatoms. The molecule has 0 bridgehead atoms. The van der Waals surface area contributed by atoms with Crippen LogP contribution in [0.25, 0.3) is 0 Å². The third-order valence-electron chi connectivity index (χ3n) is 4.03. The molecule has 0 aliphatic heterocycles. The Bertz CT molecular complexity index is 861. The van der Waals surface area contributed by atoms with Gasteiger partial charge in [-0.05, 0) is 36.8 Å². The third kappa shape index (κ3) is 5.59. The Hall–Kier alpha value is -2.80. The number of benzene rings is 1. The zero-order valence-corrected chi connectivity index (χ0v) is 16.2. The molecule has 2 rings (SSSR count). The number of amides is 2. The molecule has 1 heterocycles. The second-order valence-electron chi connectivity index (χ2n) is 6.12. The van der Waals surface area contributed by atoms with Gasteiger partial charge in [0.2, 0.25) is 11.8 Å². The van der Waals surface area contributed by atoms with E-state index < -0.39 is 0 Å². The summed E-state index contributed by atoms with van der Waals surface area (Å²) < 4.78 is 1.98. The molecule has 0 aliphatic carbocycles. The average molecular weight is 392 g/mol.